The molecule has 5 rings (SSSR count). The number of nitrogens with one attached hydrogen (secondary N) is 1. The fourth-order valence-corrected chi connectivity index (χ4v) is 6.33. The number of phenolic OH excluding ortho intramolecular Hbond substituents is 1. The molecule has 0 saturated heterocycles. The highest BCUT2D eigenvalue weighted by atomic mass is 32.1. The van der Waals surface area contributed by atoms with Crippen molar-refractivity contribution in [1.29, 1.82) is 0 Å². The second-order valence-corrected chi connectivity index (χ2v) is 11.8. The maximum absolute atomic E-state index is 13.3. The van der Waals surface area contributed by atoms with Gasteiger partial charge in [0.15, 0.2) is 5.71 Å². The first-order valence-corrected chi connectivity index (χ1v) is 12.7. The summed E-state index contributed by atoms with van der Waals surface area (Å²) in [7, 11) is 0. The van der Waals surface area contributed by atoms with Gasteiger partial charge in [-0.15, -0.1) is 11.3 Å². The van der Waals surface area contributed by atoms with Crippen LogP contribution in [0.5, 0.6) is 5.75 Å². The van der Waals surface area contributed by atoms with Gasteiger partial charge in [0.05, 0.1) is 17.1 Å². The summed E-state index contributed by atoms with van der Waals surface area (Å²) in [6.45, 7) is 10.7. The van der Waals surface area contributed by atoms with Gasteiger partial charge in [-0.3, -0.25) is 10.2 Å². The van der Waals surface area contributed by atoms with Crippen LogP contribution in [0.1, 0.15) is 61.8 Å². The number of benzene rings is 2. The second-order valence-electron chi connectivity index (χ2n) is 10.7. The summed E-state index contributed by atoms with van der Waals surface area (Å²) >= 11 is 1.06. The third kappa shape index (κ3) is 4.19. The van der Waals surface area contributed by atoms with Gasteiger partial charge in [0.25, 0.3) is 0 Å². The van der Waals surface area contributed by atoms with Crippen LogP contribution in [0.2, 0.25) is 0 Å². The Morgan fingerprint density at radius 1 is 1.08 bits per heavy atom. The number of rotatable bonds is 5. The molecule has 0 bridgehead atoms. The van der Waals surface area contributed by atoms with E-state index in [9.17, 15) is 19.8 Å². The van der Waals surface area contributed by atoms with Crippen molar-refractivity contribution in [3.05, 3.63) is 64.5 Å². The molecule has 8 nitrogen and oxygen atoms in total. The molecule has 0 atom stereocenters. The third-order valence-corrected chi connectivity index (χ3v) is 8.09. The Balaban J connectivity index is 1.41. The fraction of sp³-hybridized carbons (Fsp3) is 0.286. The zero-order valence-electron chi connectivity index (χ0n) is 21.3. The number of aromatic carboxylic acids is 1. The van der Waals surface area contributed by atoms with Crippen molar-refractivity contribution in [2.75, 3.05) is 10.4 Å². The number of fused-ring (bicyclic) bond motifs is 1. The van der Waals surface area contributed by atoms with Gasteiger partial charge < -0.3 is 10.2 Å². The van der Waals surface area contributed by atoms with Gasteiger partial charge in [0.1, 0.15) is 10.6 Å². The van der Waals surface area contributed by atoms with Crippen LogP contribution in [0, 0.1) is 0 Å². The zero-order chi connectivity index (χ0) is 26.7. The number of phenols is 1. The first kappa shape index (κ1) is 24.7. The standard InChI is InChI=1S/C28H28N4O4S/c1-15-23(30-29-20-8-6-7-17(24(20)33)21-11-12-22(37-21)26(35)36)25(34)32(31-15)16-9-10-18-19(13-16)28(4,5)14-27(18,2)3/h6-13,29,33H,14H2,1-5H3,(H,35,36). The monoisotopic (exact) mass is 516 g/mol. The minimum atomic E-state index is -1.02. The number of anilines is 2. The van der Waals surface area contributed by atoms with Crippen LogP contribution in [0.15, 0.2) is 58.7 Å². The van der Waals surface area contributed by atoms with Crippen LogP contribution in [0.25, 0.3) is 10.4 Å². The summed E-state index contributed by atoms with van der Waals surface area (Å²) in [5, 5.41) is 30.1. The SMILES string of the molecule is CC1=NN(c2ccc3c(c2)C(C)(C)CC3(C)C)C(=O)C1=NNc1cccc(-c2ccc(C(=O)O)s2)c1O. The predicted octanol–water partition coefficient (Wildman–Crippen LogP) is 5.97. The van der Waals surface area contributed by atoms with Crippen molar-refractivity contribution >= 4 is 46.0 Å². The number of carbonyl (C=O) groups excluding carboxylic acids is 1. The van der Waals surface area contributed by atoms with Crippen LogP contribution in [0.3, 0.4) is 0 Å². The molecule has 3 N–H and O–H groups in total. The first-order valence-electron chi connectivity index (χ1n) is 11.9. The summed E-state index contributed by atoms with van der Waals surface area (Å²) in [5.41, 5.74) is 7.41. The summed E-state index contributed by atoms with van der Waals surface area (Å²) in [4.78, 5) is 25.3. The van der Waals surface area contributed by atoms with E-state index in [2.05, 4.69) is 55.5 Å². The number of amides is 1. The topological polar surface area (TPSA) is 115 Å². The molecule has 37 heavy (non-hydrogen) atoms. The molecule has 2 aromatic carbocycles. The van der Waals surface area contributed by atoms with Crippen LogP contribution in [0.4, 0.5) is 11.4 Å². The van der Waals surface area contributed by atoms with E-state index in [0.29, 0.717) is 21.8 Å². The van der Waals surface area contributed by atoms with E-state index >= 15 is 0 Å². The number of hydrogen-bond acceptors (Lipinski definition) is 7. The van der Waals surface area contributed by atoms with Crippen molar-refractivity contribution < 1.29 is 19.8 Å². The minimum Gasteiger partial charge on any atom is -0.505 e. The molecule has 2 aliphatic rings. The van der Waals surface area contributed by atoms with E-state index in [1.165, 1.54) is 22.2 Å². The van der Waals surface area contributed by atoms with Crippen LogP contribution in [-0.4, -0.2) is 33.5 Å². The minimum absolute atomic E-state index is 0.00874. The van der Waals surface area contributed by atoms with E-state index in [1.807, 2.05) is 6.07 Å². The summed E-state index contributed by atoms with van der Waals surface area (Å²) in [6, 6.07) is 14.2. The maximum atomic E-state index is 13.3. The first-order chi connectivity index (χ1) is 17.4. The van der Waals surface area contributed by atoms with Crippen molar-refractivity contribution in [1.82, 2.24) is 0 Å². The Morgan fingerprint density at radius 2 is 1.81 bits per heavy atom. The number of carboxylic acid groups (broad SMARTS) is 1. The molecule has 190 valence electrons. The number of nitrogens with zero attached hydrogens (tertiary/aromatic N) is 3. The molecule has 1 aliphatic heterocycles. The van der Waals surface area contributed by atoms with Crippen LogP contribution < -0.4 is 10.4 Å². The van der Waals surface area contributed by atoms with Gasteiger partial charge >= 0.3 is 11.9 Å². The van der Waals surface area contributed by atoms with Crippen LogP contribution in [-0.2, 0) is 15.6 Å². The fourth-order valence-electron chi connectivity index (χ4n) is 5.46. The van der Waals surface area contributed by atoms with E-state index < -0.39 is 5.97 Å². The van der Waals surface area contributed by atoms with Gasteiger partial charge in [0, 0.05) is 10.4 Å². The summed E-state index contributed by atoms with van der Waals surface area (Å²) in [6.07, 6.45) is 1.03. The molecule has 0 spiro atoms. The molecule has 0 fully saturated rings. The van der Waals surface area contributed by atoms with E-state index in [-0.39, 0.29) is 38.8 Å². The van der Waals surface area contributed by atoms with Crippen molar-refractivity contribution in [3.63, 3.8) is 0 Å². The number of carbonyl (C=O) groups is 2. The number of carboxylic acids is 1. The molecule has 0 unspecified atom stereocenters. The van der Waals surface area contributed by atoms with Gasteiger partial charge in [-0.2, -0.15) is 15.2 Å². The number of para-hydroxylation sites is 1. The molecule has 2 heterocycles. The number of thiophene rings is 1. The molecule has 0 radical (unpaired) electrons. The maximum Gasteiger partial charge on any atom is 0.345 e. The number of hydrazone groups is 2. The van der Waals surface area contributed by atoms with Crippen molar-refractivity contribution in [2.24, 2.45) is 10.2 Å². The normalized spacial score (nSPS) is 18.7. The summed E-state index contributed by atoms with van der Waals surface area (Å²) in [5.74, 6) is -1.47. The lowest BCUT2D eigenvalue weighted by Crippen LogP contribution is -2.28. The van der Waals surface area contributed by atoms with Gasteiger partial charge in [-0.1, -0.05) is 39.8 Å². The van der Waals surface area contributed by atoms with E-state index in [1.54, 1.807) is 31.2 Å². The average Bonchev–Trinajstić information content (AvgIpc) is 3.47. The Labute approximate surface area is 219 Å². The van der Waals surface area contributed by atoms with Gasteiger partial charge in [-0.25, -0.2) is 4.79 Å². The molecular weight excluding hydrogens is 488 g/mol. The Morgan fingerprint density at radius 3 is 2.51 bits per heavy atom. The zero-order valence-corrected chi connectivity index (χ0v) is 22.1. The highest BCUT2D eigenvalue weighted by Crippen LogP contribution is 2.50. The van der Waals surface area contributed by atoms with Gasteiger partial charge in [0.2, 0.25) is 0 Å². The van der Waals surface area contributed by atoms with E-state index in [0.717, 1.165) is 17.8 Å². The predicted molar refractivity (Wildman–Crippen MR) is 147 cm³/mol. The Hall–Kier alpha value is -3.98. The number of aromatic hydroxyl groups is 1. The second kappa shape index (κ2) is 8.55. The Kier molecular flexibility index (Phi) is 5.71. The van der Waals surface area contributed by atoms with Gasteiger partial charge in [-0.05, 0) is 71.7 Å². The molecule has 1 aliphatic carbocycles. The lowest BCUT2D eigenvalue weighted by atomic mass is 9.82. The smallest absolute Gasteiger partial charge is 0.345 e. The average molecular weight is 517 g/mol. The molecule has 1 aromatic heterocycles. The molecule has 3 aromatic rings. The van der Waals surface area contributed by atoms with E-state index in [4.69, 9.17) is 0 Å². The van der Waals surface area contributed by atoms with Crippen molar-refractivity contribution in [3.8, 4) is 16.2 Å². The lowest BCUT2D eigenvalue weighted by Gasteiger charge is -2.22. The number of hydrogen-bond donors (Lipinski definition) is 3. The molecule has 0 saturated carbocycles. The Bertz CT molecular complexity index is 1520. The largest absolute Gasteiger partial charge is 0.505 e. The highest BCUT2D eigenvalue weighted by Gasteiger charge is 2.42. The third-order valence-electron chi connectivity index (χ3n) is 6.98. The molecule has 1 amide bonds. The highest BCUT2D eigenvalue weighted by molar-refractivity contribution is 7.17. The summed E-state index contributed by atoms with van der Waals surface area (Å²) < 4.78 is 0. The quantitative estimate of drug-likeness (QED) is 0.286. The molecular formula is C28H28N4O4S. The van der Waals surface area contributed by atoms with Crippen molar-refractivity contribution in [2.45, 2.75) is 51.9 Å². The van der Waals surface area contributed by atoms with Crippen LogP contribution >= 0.6 is 11.3 Å². The lowest BCUT2D eigenvalue weighted by molar-refractivity contribution is -0.112. The molecule has 9 heteroatoms.